The minimum absolute atomic E-state index is 0.0736. The molecule has 1 atom stereocenters. The molecule has 3 N–H and O–H groups in total. The van der Waals surface area contributed by atoms with E-state index in [9.17, 15) is 4.79 Å². The summed E-state index contributed by atoms with van der Waals surface area (Å²) < 4.78 is 1.02. The molecule has 0 aromatic heterocycles. The summed E-state index contributed by atoms with van der Waals surface area (Å²) in [6.45, 7) is 3.89. The van der Waals surface area contributed by atoms with Gasteiger partial charge in [0.1, 0.15) is 0 Å². The monoisotopic (exact) mass is 332 g/mol. The summed E-state index contributed by atoms with van der Waals surface area (Å²) in [7, 11) is 0. The van der Waals surface area contributed by atoms with E-state index in [1.54, 1.807) is 12.1 Å². The zero-order valence-electron chi connectivity index (χ0n) is 11.5. The summed E-state index contributed by atoms with van der Waals surface area (Å²) in [4.78, 5) is 12.3. The van der Waals surface area contributed by atoms with Gasteiger partial charge in [-0.3, -0.25) is 4.79 Å². The number of carbonyl (C=O) groups is 1. The second-order valence-electron chi connectivity index (χ2n) is 4.84. The topological polar surface area (TPSA) is 55.1 Å². The predicted octanol–water partition coefficient (Wildman–Crippen LogP) is 3.83. The Hall–Kier alpha value is -1.81. The van der Waals surface area contributed by atoms with Crippen LogP contribution in [0.3, 0.4) is 0 Å². The van der Waals surface area contributed by atoms with Crippen LogP contribution < -0.4 is 11.1 Å². The Balaban J connectivity index is 2.15. The lowest BCUT2D eigenvalue weighted by molar-refractivity contribution is 0.0940. The molecule has 1 amide bonds. The first-order valence-electron chi connectivity index (χ1n) is 6.40. The number of nitrogen functional groups attached to an aromatic ring is 1. The summed E-state index contributed by atoms with van der Waals surface area (Å²) in [6.07, 6.45) is 0. The van der Waals surface area contributed by atoms with Gasteiger partial charge in [0.2, 0.25) is 0 Å². The van der Waals surface area contributed by atoms with E-state index in [2.05, 4.69) is 21.2 Å². The van der Waals surface area contributed by atoms with Gasteiger partial charge in [-0.05, 0) is 43.7 Å². The highest BCUT2D eigenvalue weighted by molar-refractivity contribution is 9.10. The van der Waals surface area contributed by atoms with E-state index in [0.717, 1.165) is 15.6 Å². The minimum Gasteiger partial charge on any atom is -0.398 e. The number of hydrogen-bond donors (Lipinski definition) is 2. The summed E-state index contributed by atoms with van der Waals surface area (Å²) in [5, 5.41) is 2.97. The first kappa shape index (κ1) is 14.6. The Kier molecular flexibility index (Phi) is 4.45. The molecule has 2 aromatic rings. The maximum atomic E-state index is 12.3. The normalized spacial score (nSPS) is 11.9. The van der Waals surface area contributed by atoms with E-state index in [0.29, 0.717) is 11.3 Å². The molecular weight excluding hydrogens is 316 g/mol. The number of carbonyl (C=O) groups excluding carboxylic acids is 1. The van der Waals surface area contributed by atoms with E-state index < -0.39 is 0 Å². The lowest BCUT2D eigenvalue weighted by Crippen LogP contribution is -2.27. The van der Waals surface area contributed by atoms with Crippen molar-refractivity contribution in [2.24, 2.45) is 0 Å². The first-order chi connectivity index (χ1) is 9.47. The summed E-state index contributed by atoms with van der Waals surface area (Å²) >= 11 is 3.40. The standard InChI is InChI=1S/C16H17BrN2O/c1-10-3-8-15(18)14(9-10)16(20)19-11(2)12-4-6-13(17)7-5-12/h3-9,11H,18H2,1-2H3,(H,19,20)/t11-/m0/s1. The van der Waals surface area contributed by atoms with E-state index in [4.69, 9.17) is 5.73 Å². The van der Waals surface area contributed by atoms with Crippen LogP contribution in [0.4, 0.5) is 5.69 Å². The van der Waals surface area contributed by atoms with Crippen molar-refractivity contribution in [3.05, 3.63) is 63.6 Å². The van der Waals surface area contributed by atoms with Gasteiger partial charge < -0.3 is 11.1 Å². The highest BCUT2D eigenvalue weighted by Gasteiger charge is 2.13. The van der Waals surface area contributed by atoms with Gasteiger partial charge in [0.15, 0.2) is 0 Å². The Morgan fingerprint density at radius 1 is 1.20 bits per heavy atom. The maximum Gasteiger partial charge on any atom is 0.253 e. The largest absolute Gasteiger partial charge is 0.398 e. The van der Waals surface area contributed by atoms with Crippen molar-refractivity contribution in [2.75, 3.05) is 5.73 Å². The number of rotatable bonds is 3. The van der Waals surface area contributed by atoms with Gasteiger partial charge in [-0.15, -0.1) is 0 Å². The number of nitrogens with two attached hydrogens (primary N) is 1. The Morgan fingerprint density at radius 3 is 2.50 bits per heavy atom. The van der Waals surface area contributed by atoms with E-state index in [-0.39, 0.29) is 11.9 Å². The van der Waals surface area contributed by atoms with Crippen LogP contribution in [0, 0.1) is 6.92 Å². The lowest BCUT2D eigenvalue weighted by atomic mass is 10.1. The molecular formula is C16H17BrN2O. The van der Waals surface area contributed by atoms with Crippen molar-refractivity contribution in [3.63, 3.8) is 0 Å². The quantitative estimate of drug-likeness (QED) is 0.839. The molecule has 0 saturated carbocycles. The molecule has 0 radical (unpaired) electrons. The molecule has 0 aliphatic heterocycles. The van der Waals surface area contributed by atoms with Gasteiger partial charge in [0, 0.05) is 10.2 Å². The molecule has 0 unspecified atom stereocenters. The number of aryl methyl sites for hydroxylation is 1. The molecule has 2 aromatic carbocycles. The van der Waals surface area contributed by atoms with Crippen LogP contribution >= 0.6 is 15.9 Å². The fraction of sp³-hybridized carbons (Fsp3) is 0.188. The van der Waals surface area contributed by atoms with Gasteiger partial charge in [-0.25, -0.2) is 0 Å². The molecule has 0 aliphatic carbocycles. The second-order valence-corrected chi connectivity index (χ2v) is 5.75. The molecule has 2 rings (SSSR count). The van der Waals surface area contributed by atoms with E-state index >= 15 is 0 Å². The number of benzene rings is 2. The molecule has 0 fully saturated rings. The third kappa shape index (κ3) is 3.39. The zero-order chi connectivity index (χ0) is 14.7. The molecule has 104 valence electrons. The Labute approximate surface area is 127 Å². The fourth-order valence-corrected chi connectivity index (χ4v) is 2.24. The number of halogens is 1. The van der Waals surface area contributed by atoms with Crippen LogP contribution in [-0.4, -0.2) is 5.91 Å². The molecule has 0 aliphatic rings. The number of hydrogen-bond acceptors (Lipinski definition) is 2. The predicted molar refractivity (Wildman–Crippen MR) is 85.6 cm³/mol. The minimum atomic E-state index is -0.151. The number of amides is 1. The van der Waals surface area contributed by atoms with Crippen molar-refractivity contribution in [1.82, 2.24) is 5.32 Å². The highest BCUT2D eigenvalue weighted by atomic mass is 79.9. The molecule has 20 heavy (non-hydrogen) atoms. The van der Waals surface area contributed by atoms with E-state index in [1.165, 1.54) is 0 Å². The van der Waals surface area contributed by atoms with Crippen LogP contribution in [0.1, 0.15) is 34.5 Å². The molecule has 0 bridgehead atoms. The van der Waals surface area contributed by atoms with Crippen molar-refractivity contribution < 1.29 is 4.79 Å². The molecule has 0 saturated heterocycles. The van der Waals surface area contributed by atoms with Crippen LogP contribution in [0.5, 0.6) is 0 Å². The van der Waals surface area contributed by atoms with Crippen molar-refractivity contribution in [1.29, 1.82) is 0 Å². The SMILES string of the molecule is Cc1ccc(N)c(C(=O)N[C@@H](C)c2ccc(Br)cc2)c1. The molecule has 3 nitrogen and oxygen atoms in total. The van der Waals surface area contributed by atoms with E-state index in [1.807, 2.05) is 44.2 Å². The fourth-order valence-electron chi connectivity index (χ4n) is 1.98. The smallest absolute Gasteiger partial charge is 0.253 e. The van der Waals surface area contributed by atoms with Gasteiger partial charge in [0.05, 0.1) is 11.6 Å². The summed E-state index contributed by atoms with van der Waals surface area (Å²) in [5.74, 6) is -0.151. The third-order valence-corrected chi connectivity index (χ3v) is 3.70. The van der Waals surface area contributed by atoms with Crippen molar-refractivity contribution in [3.8, 4) is 0 Å². The average molecular weight is 333 g/mol. The van der Waals surface area contributed by atoms with Gasteiger partial charge in [-0.2, -0.15) is 0 Å². The lowest BCUT2D eigenvalue weighted by Gasteiger charge is -2.15. The second kappa shape index (κ2) is 6.09. The van der Waals surface area contributed by atoms with Crippen LogP contribution in [0.15, 0.2) is 46.9 Å². The van der Waals surface area contributed by atoms with Gasteiger partial charge in [0.25, 0.3) is 5.91 Å². The van der Waals surface area contributed by atoms with Gasteiger partial charge in [-0.1, -0.05) is 39.7 Å². The van der Waals surface area contributed by atoms with Crippen LogP contribution in [-0.2, 0) is 0 Å². The summed E-state index contributed by atoms with van der Waals surface area (Å²) in [5.41, 5.74) is 8.94. The molecule has 0 heterocycles. The maximum absolute atomic E-state index is 12.3. The van der Waals surface area contributed by atoms with Crippen LogP contribution in [0.2, 0.25) is 0 Å². The van der Waals surface area contributed by atoms with Gasteiger partial charge >= 0.3 is 0 Å². The number of nitrogens with one attached hydrogen (secondary N) is 1. The first-order valence-corrected chi connectivity index (χ1v) is 7.19. The van der Waals surface area contributed by atoms with Crippen molar-refractivity contribution >= 4 is 27.5 Å². The summed E-state index contributed by atoms with van der Waals surface area (Å²) in [6, 6.07) is 13.3. The van der Waals surface area contributed by atoms with Crippen molar-refractivity contribution in [2.45, 2.75) is 19.9 Å². The number of anilines is 1. The molecule has 0 spiro atoms. The third-order valence-electron chi connectivity index (χ3n) is 3.17. The zero-order valence-corrected chi connectivity index (χ0v) is 13.1. The van der Waals surface area contributed by atoms with Crippen LogP contribution in [0.25, 0.3) is 0 Å². The Bertz CT molecular complexity index is 623. The highest BCUT2D eigenvalue weighted by Crippen LogP contribution is 2.19. The average Bonchev–Trinajstić information content (AvgIpc) is 2.42. The molecule has 4 heteroatoms. The Morgan fingerprint density at radius 2 is 1.85 bits per heavy atom.